The molecule has 0 saturated heterocycles. The summed E-state index contributed by atoms with van der Waals surface area (Å²) in [5.74, 6) is 4.11. The second-order valence-corrected chi connectivity index (χ2v) is 9.49. The van der Waals surface area contributed by atoms with Crippen LogP contribution >= 0.6 is 11.6 Å². The van der Waals surface area contributed by atoms with Gasteiger partial charge in [-0.15, -0.1) is 0 Å². The molecule has 1 heterocycles. The number of hydrogen-bond acceptors (Lipinski definition) is 3. The van der Waals surface area contributed by atoms with Crippen molar-refractivity contribution in [3.05, 3.63) is 52.9 Å². The van der Waals surface area contributed by atoms with Crippen LogP contribution < -0.4 is 10.1 Å². The molecule has 0 atom stereocenters. The van der Waals surface area contributed by atoms with Crippen LogP contribution in [0.2, 0.25) is 5.02 Å². The van der Waals surface area contributed by atoms with E-state index >= 15 is 0 Å². The SMILES string of the molecule is O=C(NCC12CC3CC(CC(C3)C1)C2)c1ccc(COc2ccccc2Cl)o1. The van der Waals surface area contributed by atoms with E-state index in [9.17, 15) is 4.79 Å². The van der Waals surface area contributed by atoms with Gasteiger partial charge in [0.25, 0.3) is 5.91 Å². The van der Waals surface area contributed by atoms with Gasteiger partial charge in [-0.1, -0.05) is 23.7 Å². The lowest BCUT2D eigenvalue weighted by Gasteiger charge is -2.56. The zero-order valence-electron chi connectivity index (χ0n) is 16.0. The fourth-order valence-electron chi connectivity index (χ4n) is 6.15. The average molecular weight is 400 g/mol. The van der Waals surface area contributed by atoms with E-state index in [-0.39, 0.29) is 12.5 Å². The highest BCUT2D eigenvalue weighted by molar-refractivity contribution is 6.32. The summed E-state index contributed by atoms with van der Waals surface area (Å²) in [7, 11) is 0. The van der Waals surface area contributed by atoms with E-state index in [0.29, 0.717) is 27.7 Å². The van der Waals surface area contributed by atoms with Crippen molar-refractivity contribution in [3.8, 4) is 5.75 Å². The molecule has 4 saturated carbocycles. The Morgan fingerprint density at radius 3 is 2.43 bits per heavy atom. The van der Waals surface area contributed by atoms with E-state index in [4.69, 9.17) is 20.8 Å². The largest absolute Gasteiger partial charge is 0.484 e. The molecule has 0 radical (unpaired) electrons. The van der Waals surface area contributed by atoms with Crippen LogP contribution in [0.3, 0.4) is 0 Å². The van der Waals surface area contributed by atoms with E-state index in [1.54, 1.807) is 18.2 Å². The highest BCUT2D eigenvalue weighted by Gasteiger charge is 2.50. The highest BCUT2D eigenvalue weighted by atomic mass is 35.5. The van der Waals surface area contributed by atoms with Gasteiger partial charge in [-0.05, 0) is 86.0 Å². The molecule has 4 nitrogen and oxygen atoms in total. The summed E-state index contributed by atoms with van der Waals surface area (Å²) in [6.45, 7) is 1.02. The number of benzene rings is 1. The molecule has 5 heteroatoms. The van der Waals surface area contributed by atoms with Gasteiger partial charge in [-0.2, -0.15) is 0 Å². The van der Waals surface area contributed by atoms with Gasteiger partial charge in [0.1, 0.15) is 18.1 Å². The molecular formula is C23H26ClNO3. The second kappa shape index (κ2) is 7.14. The van der Waals surface area contributed by atoms with Gasteiger partial charge < -0.3 is 14.5 Å². The molecule has 1 aromatic carbocycles. The van der Waals surface area contributed by atoms with Gasteiger partial charge in [0.15, 0.2) is 5.76 Å². The first kappa shape index (κ1) is 18.1. The van der Waals surface area contributed by atoms with E-state index in [2.05, 4.69) is 5.32 Å². The van der Waals surface area contributed by atoms with Crippen molar-refractivity contribution in [2.75, 3.05) is 6.54 Å². The lowest BCUT2D eigenvalue weighted by Crippen LogP contribution is -2.51. The number of amides is 1. The van der Waals surface area contributed by atoms with E-state index in [1.165, 1.54) is 38.5 Å². The number of para-hydroxylation sites is 1. The normalized spacial score (nSPS) is 30.4. The molecule has 2 aromatic rings. The summed E-state index contributed by atoms with van der Waals surface area (Å²) in [5, 5.41) is 3.72. The third-order valence-electron chi connectivity index (χ3n) is 6.88. The minimum absolute atomic E-state index is 0.125. The van der Waals surface area contributed by atoms with Gasteiger partial charge in [0, 0.05) is 6.54 Å². The van der Waals surface area contributed by atoms with Crippen LogP contribution in [0.1, 0.15) is 54.8 Å². The van der Waals surface area contributed by atoms with Crippen LogP contribution in [0.15, 0.2) is 40.8 Å². The lowest BCUT2D eigenvalue weighted by atomic mass is 9.49. The van der Waals surface area contributed by atoms with Crippen molar-refractivity contribution in [2.45, 2.75) is 45.1 Å². The maximum atomic E-state index is 12.6. The predicted octanol–water partition coefficient (Wildman–Crippen LogP) is 5.46. The number of ether oxygens (including phenoxy) is 1. The lowest BCUT2D eigenvalue weighted by molar-refractivity contribution is -0.0504. The van der Waals surface area contributed by atoms with Crippen LogP contribution in [0.5, 0.6) is 5.75 Å². The Morgan fingerprint density at radius 2 is 1.75 bits per heavy atom. The molecule has 4 aliphatic carbocycles. The van der Waals surface area contributed by atoms with E-state index in [0.717, 1.165) is 24.3 Å². The second-order valence-electron chi connectivity index (χ2n) is 9.09. The Morgan fingerprint density at radius 1 is 1.07 bits per heavy atom. The standard InChI is InChI=1S/C23H26ClNO3/c24-19-3-1-2-4-20(19)27-13-18-5-6-21(28-18)22(26)25-14-23-10-15-7-16(11-23)9-17(8-15)12-23/h1-6,15-17H,7-14H2,(H,25,26). The zero-order chi connectivity index (χ0) is 19.1. The van der Waals surface area contributed by atoms with Gasteiger partial charge in [-0.3, -0.25) is 4.79 Å². The molecule has 4 fully saturated rings. The molecule has 28 heavy (non-hydrogen) atoms. The Kier molecular flexibility index (Phi) is 4.62. The number of furan rings is 1. The topological polar surface area (TPSA) is 51.5 Å². The summed E-state index contributed by atoms with van der Waals surface area (Å²) in [6, 6.07) is 10.8. The van der Waals surface area contributed by atoms with Crippen molar-refractivity contribution in [1.82, 2.24) is 5.32 Å². The number of hydrogen-bond donors (Lipinski definition) is 1. The van der Waals surface area contributed by atoms with Crippen LogP contribution in [0.4, 0.5) is 0 Å². The molecular weight excluding hydrogens is 374 g/mol. The number of nitrogens with one attached hydrogen (secondary N) is 1. The molecule has 148 valence electrons. The molecule has 0 spiro atoms. The van der Waals surface area contributed by atoms with Crippen molar-refractivity contribution in [1.29, 1.82) is 0 Å². The van der Waals surface area contributed by atoms with Crippen molar-refractivity contribution < 1.29 is 13.9 Å². The maximum Gasteiger partial charge on any atom is 0.287 e. The molecule has 6 rings (SSSR count). The Hall–Kier alpha value is -1.94. The summed E-state index contributed by atoms with van der Waals surface area (Å²) in [6.07, 6.45) is 8.11. The fourth-order valence-corrected chi connectivity index (χ4v) is 6.34. The fraction of sp³-hybridized carbons (Fsp3) is 0.522. The Balaban J connectivity index is 1.17. The minimum Gasteiger partial charge on any atom is -0.484 e. The monoisotopic (exact) mass is 399 g/mol. The third kappa shape index (κ3) is 3.55. The molecule has 0 aliphatic heterocycles. The number of carbonyl (C=O) groups excluding carboxylic acids is 1. The van der Waals surface area contributed by atoms with E-state index in [1.807, 2.05) is 18.2 Å². The van der Waals surface area contributed by atoms with Gasteiger partial charge in [0.05, 0.1) is 5.02 Å². The Bertz CT molecular complexity index is 839. The van der Waals surface area contributed by atoms with E-state index < -0.39 is 0 Å². The smallest absolute Gasteiger partial charge is 0.287 e. The Labute approximate surface area is 170 Å². The average Bonchev–Trinajstić information content (AvgIpc) is 3.14. The van der Waals surface area contributed by atoms with Crippen LogP contribution in [0.25, 0.3) is 0 Å². The molecule has 4 aliphatic rings. The minimum atomic E-state index is -0.125. The van der Waals surface area contributed by atoms with Gasteiger partial charge in [0.2, 0.25) is 0 Å². The van der Waals surface area contributed by atoms with Gasteiger partial charge in [-0.25, -0.2) is 0 Å². The number of carbonyl (C=O) groups is 1. The number of rotatable bonds is 6. The summed E-state index contributed by atoms with van der Waals surface area (Å²) < 4.78 is 11.4. The maximum absolute atomic E-state index is 12.6. The molecule has 0 unspecified atom stereocenters. The zero-order valence-corrected chi connectivity index (χ0v) is 16.7. The van der Waals surface area contributed by atoms with Crippen molar-refractivity contribution in [2.24, 2.45) is 23.2 Å². The first-order chi connectivity index (χ1) is 13.6. The predicted molar refractivity (Wildman–Crippen MR) is 107 cm³/mol. The first-order valence-electron chi connectivity index (χ1n) is 10.3. The summed E-state index contributed by atoms with van der Waals surface area (Å²) >= 11 is 6.10. The highest BCUT2D eigenvalue weighted by Crippen LogP contribution is 2.59. The molecule has 1 amide bonds. The van der Waals surface area contributed by atoms with Crippen molar-refractivity contribution >= 4 is 17.5 Å². The van der Waals surface area contributed by atoms with Crippen LogP contribution in [-0.4, -0.2) is 12.5 Å². The first-order valence-corrected chi connectivity index (χ1v) is 10.7. The van der Waals surface area contributed by atoms with Crippen LogP contribution in [0, 0.1) is 23.2 Å². The van der Waals surface area contributed by atoms with Crippen molar-refractivity contribution in [3.63, 3.8) is 0 Å². The van der Waals surface area contributed by atoms with Gasteiger partial charge >= 0.3 is 0 Å². The third-order valence-corrected chi connectivity index (χ3v) is 7.19. The molecule has 1 aromatic heterocycles. The summed E-state index contributed by atoms with van der Waals surface area (Å²) in [5.41, 5.74) is 0.326. The summed E-state index contributed by atoms with van der Waals surface area (Å²) in [4.78, 5) is 12.6. The van der Waals surface area contributed by atoms with Crippen LogP contribution in [-0.2, 0) is 6.61 Å². The molecule has 4 bridgehead atoms. The quantitative estimate of drug-likeness (QED) is 0.701. The molecule has 1 N–H and O–H groups in total. The number of halogens is 1.